The lowest BCUT2D eigenvalue weighted by Gasteiger charge is -2.63. The minimum absolute atomic E-state index is 0.123. The zero-order chi connectivity index (χ0) is 38.6. The molecule has 0 aromatic heterocycles. The first-order chi connectivity index (χ1) is 25.6. The van der Waals surface area contributed by atoms with Crippen LogP contribution >= 0.6 is 11.6 Å². The Labute approximate surface area is 321 Å². The van der Waals surface area contributed by atoms with E-state index in [4.69, 9.17) is 16.3 Å². The molecule has 1 spiro atoms. The van der Waals surface area contributed by atoms with Crippen LogP contribution in [0.15, 0.2) is 42.5 Å². The fraction of sp³-hybridized carbons (Fsp3) is 0.561. The largest absolute Gasteiger partial charge is 0.489 e. The number of carbonyl (C=O) groups is 5. The van der Waals surface area contributed by atoms with E-state index in [1.807, 2.05) is 24.3 Å². The highest BCUT2D eigenvalue weighted by molar-refractivity contribution is 6.31. The Bertz CT molecular complexity index is 1870. The molecule has 2 aromatic rings. The molecule has 4 aliphatic heterocycles. The van der Waals surface area contributed by atoms with Gasteiger partial charge in [0.05, 0.1) is 16.0 Å². The van der Waals surface area contributed by atoms with Crippen molar-refractivity contribution >= 4 is 46.8 Å². The SMILES string of the molecule is CC1(C)[C@H](NC(=O)c2ccc(N3CCC(CN4CCC5(CC4)CC(=O)N(C4CCC(=O)NC4=O)C5=O)CC3)cc2)C(C)(C)[C@H]1Oc1ccc(C#N)c(Cl)c1. The number of piperidine rings is 3. The van der Waals surface area contributed by atoms with Crippen LogP contribution in [0, 0.1) is 33.5 Å². The summed E-state index contributed by atoms with van der Waals surface area (Å²) in [6.45, 7) is 12.6. The third kappa shape index (κ3) is 6.85. The highest BCUT2D eigenvalue weighted by Crippen LogP contribution is 2.55. The van der Waals surface area contributed by atoms with Gasteiger partial charge in [-0.3, -0.25) is 34.2 Å². The smallest absolute Gasteiger partial charge is 0.251 e. The number of rotatable bonds is 8. The number of benzene rings is 2. The van der Waals surface area contributed by atoms with E-state index in [0.29, 0.717) is 40.7 Å². The molecule has 1 unspecified atom stereocenters. The first kappa shape index (κ1) is 37.8. The summed E-state index contributed by atoms with van der Waals surface area (Å²) in [5.74, 6) is -0.477. The van der Waals surface area contributed by atoms with Crippen molar-refractivity contribution in [3.05, 3.63) is 58.6 Å². The summed E-state index contributed by atoms with van der Waals surface area (Å²) < 4.78 is 6.37. The summed E-state index contributed by atoms with van der Waals surface area (Å²) in [5, 5.41) is 15.1. The van der Waals surface area contributed by atoms with Gasteiger partial charge in [0, 0.05) is 66.7 Å². The molecule has 1 atom stereocenters. The molecular weight excluding hydrogens is 708 g/mol. The molecule has 12 nitrogen and oxygen atoms in total. The van der Waals surface area contributed by atoms with E-state index in [1.165, 1.54) is 0 Å². The lowest BCUT2D eigenvalue weighted by atomic mass is 9.49. The van der Waals surface area contributed by atoms with Crippen molar-refractivity contribution < 1.29 is 28.7 Å². The molecule has 0 radical (unpaired) electrons. The molecule has 5 fully saturated rings. The van der Waals surface area contributed by atoms with Gasteiger partial charge in [-0.25, -0.2) is 0 Å². The molecule has 5 amide bonds. The van der Waals surface area contributed by atoms with Gasteiger partial charge in [-0.1, -0.05) is 39.3 Å². The molecule has 5 aliphatic rings. The monoisotopic (exact) mass is 756 g/mol. The number of nitrogens with one attached hydrogen (secondary N) is 2. The van der Waals surface area contributed by atoms with E-state index in [0.717, 1.165) is 56.2 Å². The Morgan fingerprint density at radius 2 is 1.63 bits per heavy atom. The van der Waals surface area contributed by atoms with Gasteiger partial charge < -0.3 is 19.9 Å². The van der Waals surface area contributed by atoms with Crippen molar-refractivity contribution in [1.29, 1.82) is 5.26 Å². The van der Waals surface area contributed by atoms with Gasteiger partial charge in [0.25, 0.3) is 5.91 Å². The number of carbonyl (C=O) groups excluding carboxylic acids is 5. The second-order valence-corrected chi connectivity index (χ2v) is 17.5. The summed E-state index contributed by atoms with van der Waals surface area (Å²) in [4.78, 5) is 69.9. The highest BCUT2D eigenvalue weighted by Gasteiger charge is 2.64. The molecule has 286 valence electrons. The topological polar surface area (TPSA) is 152 Å². The molecule has 1 aliphatic carbocycles. The lowest BCUT2D eigenvalue weighted by molar-refractivity contribution is -0.164. The van der Waals surface area contributed by atoms with Crippen LogP contribution in [0.25, 0.3) is 0 Å². The Hall–Kier alpha value is -4.47. The minimum atomic E-state index is -0.886. The summed E-state index contributed by atoms with van der Waals surface area (Å²) in [6.07, 6.45) is 3.54. The second kappa shape index (κ2) is 14.3. The second-order valence-electron chi connectivity index (χ2n) is 17.1. The zero-order valence-electron chi connectivity index (χ0n) is 31.5. The molecule has 4 heterocycles. The van der Waals surface area contributed by atoms with Crippen LogP contribution in [0.4, 0.5) is 5.69 Å². The number of nitrogens with zero attached hydrogens (tertiary/aromatic N) is 4. The first-order valence-corrected chi connectivity index (χ1v) is 19.5. The zero-order valence-corrected chi connectivity index (χ0v) is 32.2. The Morgan fingerprint density at radius 1 is 0.963 bits per heavy atom. The summed E-state index contributed by atoms with van der Waals surface area (Å²) in [7, 11) is 0. The van der Waals surface area contributed by atoms with E-state index in [9.17, 15) is 29.2 Å². The average molecular weight is 757 g/mol. The predicted molar refractivity (Wildman–Crippen MR) is 202 cm³/mol. The van der Waals surface area contributed by atoms with Crippen molar-refractivity contribution in [3.63, 3.8) is 0 Å². The molecular formula is C41H49ClN6O6. The van der Waals surface area contributed by atoms with Crippen LogP contribution in [0.3, 0.4) is 0 Å². The molecule has 54 heavy (non-hydrogen) atoms. The van der Waals surface area contributed by atoms with Crippen LogP contribution < -0.4 is 20.3 Å². The quantitative estimate of drug-likeness (QED) is 0.366. The number of imide groups is 2. The first-order valence-electron chi connectivity index (χ1n) is 19.1. The van der Waals surface area contributed by atoms with Crippen LogP contribution in [-0.2, 0) is 19.2 Å². The van der Waals surface area contributed by atoms with E-state index in [-0.39, 0.29) is 65.9 Å². The van der Waals surface area contributed by atoms with Gasteiger partial charge >= 0.3 is 0 Å². The predicted octanol–water partition coefficient (Wildman–Crippen LogP) is 4.69. The number of anilines is 1. The van der Waals surface area contributed by atoms with Crippen molar-refractivity contribution in [1.82, 2.24) is 20.4 Å². The van der Waals surface area contributed by atoms with Crippen molar-refractivity contribution in [2.45, 2.75) is 90.8 Å². The summed E-state index contributed by atoms with van der Waals surface area (Å²) in [5.41, 5.74) is 0.637. The summed E-state index contributed by atoms with van der Waals surface area (Å²) >= 11 is 6.24. The molecule has 7 rings (SSSR count). The van der Waals surface area contributed by atoms with E-state index in [1.54, 1.807) is 18.2 Å². The molecule has 4 saturated heterocycles. The van der Waals surface area contributed by atoms with Crippen LogP contribution in [0.1, 0.15) is 88.6 Å². The van der Waals surface area contributed by atoms with E-state index < -0.39 is 17.4 Å². The maximum Gasteiger partial charge on any atom is 0.251 e. The summed E-state index contributed by atoms with van der Waals surface area (Å²) in [6, 6.07) is 14.0. The molecule has 2 aromatic carbocycles. The molecule has 0 bridgehead atoms. The number of halogens is 1. The Kier molecular flexibility index (Phi) is 10.0. The average Bonchev–Trinajstić information content (AvgIpc) is 3.38. The fourth-order valence-electron chi connectivity index (χ4n) is 9.99. The van der Waals surface area contributed by atoms with Crippen LogP contribution in [-0.4, -0.2) is 90.2 Å². The van der Waals surface area contributed by atoms with Gasteiger partial charge in [0.15, 0.2) is 0 Å². The third-order valence-electron chi connectivity index (χ3n) is 12.8. The number of nitriles is 1. The standard InChI is InChI=1S/C41H49ClN6O6/c1-39(2)36(40(3,4)37(39)54-29-10-7-27(23-43)30(42)21-29)45-34(51)26-5-8-28(9-6-26)47-17-13-25(14-18-47)24-46-19-15-41(16-20-46)22-33(50)48(38(41)53)31-11-12-32(49)44-35(31)52/h5-10,21,25,31,36-37H,11-20,22,24H2,1-4H3,(H,45,51)(H,44,49,52)/t31?,36-,37-. The van der Waals surface area contributed by atoms with Gasteiger partial charge in [-0.05, 0) is 87.5 Å². The van der Waals surface area contributed by atoms with Gasteiger partial charge in [0.1, 0.15) is 24.0 Å². The Balaban J connectivity index is 0.870. The van der Waals surface area contributed by atoms with Gasteiger partial charge in [-0.2, -0.15) is 5.26 Å². The van der Waals surface area contributed by atoms with Gasteiger partial charge in [-0.15, -0.1) is 0 Å². The molecule has 13 heteroatoms. The number of ether oxygens (including phenoxy) is 1. The Morgan fingerprint density at radius 3 is 2.24 bits per heavy atom. The number of hydrogen-bond acceptors (Lipinski definition) is 9. The van der Waals surface area contributed by atoms with E-state index >= 15 is 0 Å². The lowest BCUT2D eigenvalue weighted by Crippen LogP contribution is -2.74. The third-order valence-corrected chi connectivity index (χ3v) is 13.1. The molecule has 2 N–H and O–H groups in total. The fourth-order valence-corrected chi connectivity index (χ4v) is 10.2. The minimum Gasteiger partial charge on any atom is -0.489 e. The molecule has 1 saturated carbocycles. The van der Waals surface area contributed by atoms with Crippen molar-refractivity contribution in [2.24, 2.45) is 22.2 Å². The number of hydrogen-bond donors (Lipinski definition) is 2. The van der Waals surface area contributed by atoms with Gasteiger partial charge in [0.2, 0.25) is 23.6 Å². The van der Waals surface area contributed by atoms with Crippen LogP contribution in [0.5, 0.6) is 5.75 Å². The maximum absolute atomic E-state index is 13.5. The number of likely N-dealkylation sites (tertiary alicyclic amines) is 2. The van der Waals surface area contributed by atoms with Crippen molar-refractivity contribution in [2.75, 3.05) is 37.6 Å². The number of amides is 5. The maximum atomic E-state index is 13.5. The normalized spacial score (nSPS) is 26.6. The van der Waals surface area contributed by atoms with E-state index in [2.05, 4.69) is 54.2 Å². The van der Waals surface area contributed by atoms with Crippen molar-refractivity contribution in [3.8, 4) is 11.8 Å². The van der Waals surface area contributed by atoms with Crippen LogP contribution in [0.2, 0.25) is 5.02 Å². The highest BCUT2D eigenvalue weighted by atomic mass is 35.5.